The number of amides is 2. The van der Waals surface area contributed by atoms with E-state index in [1.54, 1.807) is 32.6 Å². The number of anilines is 1. The highest BCUT2D eigenvalue weighted by Crippen LogP contribution is 2.42. The summed E-state index contributed by atoms with van der Waals surface area (Å²) in [5.74, 6) is -1.05. The number of nitrogens with zero attached hydrogens (tertiary/aromatic N) is 3. The summed E-state index contributed by atoms with van der Waals surface area (Å²) < 4.78 is 42.7. The number of hydrogen-bond donors (Lipinski definition) is 3. The van der Waals surface area contributed by atoms with E-state index in [2.05, 4.69) is 20.6 Å². The Morgan fingerprint density at radius 1 is 1.24 bits per heavy atom. The lowest BCUT2D eigenvalue weighted by Gasteiger charge is -2.40. The topological polar surface area (TPSA) is 107 Å². The summed E-state index contributed by atoms with van der Waals surface area (Å²) in [6.45, 7) is 9.42. The second kappa shape index (κ2) is 9.54. The molecule has 1 saturated heterocycles. The number of carbonyl (C=O) groups excluding carboxylic acids is 2. The van der Waals surface area contributed by atoms with Gasteiger partial charge in [-0.25, -0.2) is 9.97 Å². The van der Waals surface area contributed by atoms with Crippen LogP contribution in [0, 0.1) is 0 Å². The molecule has 37 heavy (non-hydrogen) atoms. The lowest BCUT2D eigenvalue weighted by molar-refractivity contribution is -0.137. The molecule has 8 nitrogen and oxygen atoms in total. The number of aliphatic hydroxyl groups is 1. The fourth-order valence-electron chi connectivity index (χ4n) is 4.79. The molecule has 0 radical (unpaired) electrons. The van der Waals surface area contributed by atoms with Crippen LogP contribution in [0.2, 0.25) is 0 Å². The van der Waals surface area contributed by atoms with Gasteiger partial charge in [-0.2, -0.15) is 13.2 Å². The maximum Gasteiger partial charge on any atom is 0.417 e. The number of alkyl halides is 3. The van der Waals surface area contributed by atoms with Crippen molar-refractivity contribution in [2.45, 2.75) is 89.7 Å². The Morgan fingerprint density at radius 2 is 1.92 bits per heavy atom. The summed E-state index contributed by atoms with van der Waals surface area (Å²) in [7, 11) is 0. The minimum Gasteiger partial charge on any atom is -0.390 e. The van der Waals surface area contributed by atoms with Crippen molar-refractivity contribution in [3.8, 4) is 10.4 Å². The molecule has 1 saturated carbocycles. The van der Waals surface area contributed by atoms with Crippen LogP contribution in [0.4, 0.5) is 19.0 Å². The minimum atomic E-state index is -4.74. The molecule has 1 aliphatic carbocycles. The molecule has 0 aromatic carbocycles. The van der Waals surface area contributed by atoms with Gasteiger partial charge in [0.1, 0.15) is 11.5 Å². The molecule has 2 amide bonds. The molecule has 0 spiro atoms. The molecule has 2 fully saturated rings. The summed E-state index contributed by atoms with van der Waals surface area (Å²) in [6, 6.07) is 0.557. The van der Waals surface area contributed by atoms with Gasteiger partial charge in [0.2, 0.25) is 0 Å². The van der Waals surface area contributed by atoms with Crippen LogP contribution in [0.15, 0.2) is 12.3 Å². The molecule has 1 aliphatic heterocycles. The quantitative estimate of drug-likeness (QED) is 0.509. The SMILES string of the molecule is C[C@H]1CCCN1C(=O)c1nc(C(=O)N[C@H]2C[C@@](C)(O)C2)sc1-c1cnc(NC(C)(C)C)cc1C(F)(F)F. The summed E-state index contributed by atoms with van der Waals surface area (Å²) in [4.78, 5) is 36.4. The lowest BCUT2D eigenvalue weighted by atomic mass is 9.77. The van der Waals surface area contributed by atoms with E-state index in [9.17, 15) is 27.9 Å². The molecule has 202 valence electrons. The van der Waals surface area contributed by atoms with Gasteiger partial charge in [-0.1, -0.05) is 0 Å². The van der Waals surface area contributed by atoms with Gasteiger partial charge in [0.15, 0.2) is 5.01 Å². The Hall–Kier alpha value is -2.73. The van der Waals surface area contributed by atoms with Gasteiger partial charge in [0, 0.05) is 35.9 Å². The Morgan fingerprint density at radius 3 is 2.46 bits per heavy atom. The molecular formula is C25H32F3N5O3S. The van der Waals surface area contributed by atoms with Crippen LogP contribution >= 0.6 is 11.3 Å². The van der Waals surface area contributed by atoms with Crippen LogP contribution in [0.5, 0.6) is 0 Å². The monoisotopic (exact) mass is 539 g/mol. The molecule has 0 bridgehead atoms. The summed E-state index contributed by atoms with van der Waals surface area (Å²) in [6.07, 6.45) is -1.37. The molecular weight excluding hydrogens is 507 g/mol. The molecule has 12 heteroatoms. The van der Waals surface area contributed by atoms with Crippen molar-refractivity contribution in [2.75, 3.05) is 11.9 Å². The third-order valence-corrected chi connectivity index (χ3v) is 7.59. The number of pyridine rings is 1. The second-order valence-electron chi connectivity index (χ2n) is 11.3. The zero-order valence-corrected chi connectivity index (χ0v) is 22.3. The fraction of sp³-hybridized carbons (Fsp3) is 0.600. The second-order valence-corrected chi connectivity index (χ2v) is 12.2. The Bertz CT molecular complexity index is 1200. The maximum absolute atomic E-state index is 14.2. The first-order chi connectivity index (χ1) is 17.0. The molecule has 3 heterocycles. The predicted octanol–water partition coefficient (Wildman–Crippen LogP) is 4.70. The standard InChI is InChI=1S/C25H32F3N5O3S/c1-13-7-6-8-33(13)22(35)18-19(37-21(31-18)20(34)30-14-10-24(5,36)11-14)15-12-29-17(32-23(2,3)4)9-16(15)25(26,27)28/h9,12-14,36H,6-8,10-11H2,1-5H3,(H,29,32)(H,30,34)/t13-,14-,24+/m0/s1. The largest absolute Gasteiger partial charge is 0.417 e. The molecule has 2 aromatic heterocycles. The summed E-state index contributed by atoms with van der Waals surface area (Å²) >= 11 is 0.741. The number of hydrogen-bond acceptors (Lipinski definition) is 7. The first-order valence-electron chi connectivity index (χ1n) is 12.2. The fourth-order valence-corrected chi connectivity index (χ4v) is 5.77. The van der Waals surface area contributed by atoms with Gasteiger partial charge in [-0.15, -0.1) is 11.3 Å². The van der Waals surface area contributed by atoms with Crippen molar-refractivity contribution in [2.24, 2.45) is 0 Å². The zero-order valence-electron chi connectivity index (χ0n) is 21.5. The molecule has 1 atom stereocenters. The molecule has 2 aromatic rings. The zero-order chi connectivity index (χ0) is 27.3. The lowest BCUT2D eigenvalue weighted by Crippen LogP contribution is -2.53. The summed E-state index contributed by atoms with van der Waals surface area (Å²) in [5, 5.41) is 15.5. The van der Waals surface area contributed by atoms with E-state index >= 15 is 0 Å². The van der Waals surface area contributed by atoms with Crippen LogP contribution in [-0.4, -0.2) is 61.6 Å². The number of thiazole rings is 1. The van der Waals surface area contributed by atoms with E-state index in [-0.39, 0.29) is 39.0 Å². The van der Waals surface area contributed by atoms with E-state index in [1.165, 1.54) is 0 Å². The van der Waals surface area contributed by atoms with Gasteiger partial charge < -0.3 is 20.6 Å². The van der Waals surface area contributed by atoms with E-state index in [4.69, 9.17) is 0 Å². The van der Waals surface area contributed by atoms with E-state index in [0.29, 0.717) is 19.4 Å². The Labute approximate surface area is 217 Å². The molecule has 4 rings (SSSR count). The van der Waals surface area contributed by atoms with Gasteiger partial charge in [-0.3, -0.25) is 9.59 Å². The van der Waals surface area contributed by atoms with Crippen molar-refractivity contribution in [1.82, 2.24) is 20.2 Å². The van der Waals surface area contributed by atoms with Crippen LogP contribution in [0.1, 0.15) is 86.2 Å². The molecule has 0 unspecified atom stereocenters. The third-order valence-electron chi connectivity index (χ3n) is 6.50. The van der Waals surface area contributed by atoms with Crippen LogP contribution in [-0.2, 0) is 6.18 Å². The van der Waals surface area contributed by atoms with Crippen LogP contribution in [0.3, 0.4) is 0 Å². The number of rotatable bonds is 5. The van der Waals surface area contributed by atoms with Crippen LogP contribution in [0.25, 0.3) is 10.4 Å². The van der Waals surface area contributed by atoms with Crippen molar-refractivity contribution in [3.05, 3.63) is 28.5 Å². The first kappa shape index (κ1) is 27.3. The van der Waals surface area contributed by atoms with Gasteiger partial charge in [0.05, 0.1) is 16.0 Å². The molecule has 3 N–H and O–H groups in total. The van der Waals surface area contributed by atoms with E-state index in [0.717, 1.165) is 36.4 Å². The van der Waals surface area contributed by atoms with E-state index in [1.807, 2.05) is 6.92 Å². The normalized spacial score (nSPS) is 24.1. The maximum atomic E-state index is 14.2. The third kappa shape index (κ3) is 6.06. The van der Waals surface area contributed by atoms with Crippen molar-refractivity contribution in [3.63, 3.8) is 0 Å². The highest BCUT2D eigenvalue weighted by Gasteiger charge is 2.41. The number of aromatic nitrogens is 2. The van der Waals surface area contributed by atoms with Gasteiger partial charge in [0.25, 0.3) is 11.8 Å². The van der Waals surface area contributed by atoms with Gasteiger partial charge in [-0.05, 0) is 66.4 Å². The van der Waals surface area contributed by atoms with Gasteiger partial charge >= 0.3 is 6.18 Å². The van der Waals surface area contributed by atoms with Crippen LogP contribution < -0.4 is 10.6 Å². The van der Waals surface area contributed by atoms with Crippen molar-refractivity contribution < 1.29 is 27.9 Å². The van der Waals surface area contributed by atoms with Crippen molar-refractivity contribution in [1.29, 1.82) is 0 Å². The number of likely N-dealkylation sites (tertiary alicyclic amines) is 1. The summed E-state index contributed by atoms with van der Waals surface area (Å²) in [5.41, 5.74) is -2.84. The minimum absolute atomic E-state index is 0.0445. The average Bonchev–Trinajstić information content (AvgIpc) is 3.37. The molecule has 2 aliphatic rings. The smallest absolute Gasteiger partial charge is 0.390 e. The Balaban J connectivity index is 1.77. The van der Waals surface area contributed by atoms with E-state index < -0.39 is 34.7 Å². The Kier molecular flexibility index (Phi) is 7.04. The van der Waals surface area contributed by atoms with Crippen molar-refractivity contribution >= 4 is 29.0 Å². The number of nitrogens with one attached hydrogen (secondary N) is 2. The number of halogens is 3. The number of carbonyl (C=O) groups is 2. The predicted molar refractivity (Wildman–Crippen MR) is 135 cm³/mol. The average molecular weight is 540 g/mol. The first-order valence-corrected chi connectivity index (χ1v) is 13.1. The highest BCUT2D eigenvalue weighted by atomic mass is 32.1. The highest BCUT2D eigenvalue weighted by molar-refractivity contribution is 7.17.